The maximum absolute atomic E-state index is 14.2. The van der Waals surface area contributed by atoms with Crippen molar-refractivity contribution in [2.24, 2.45) is 23.7 Å². The molecule has 2 aromatic carbocycles. The van der Waals surface area contributed by atoms with E-state index in [-0.39, 0.29) is 33.4 Å². The monoisotopic (exact) mass is 430 g/mol. The fourth-order valence-electron chi connectivity index (χ4n) is 5.83. The number of allylic oxidation sites excluding steroid dienone is 2. The van der Waals surface area contributed by atoms with Gasteiger partial charge in [0.1, 0.15) is 5.76 Å². The maximum Gasteiger partial charge on any atom is 0.170 e. The van der Waals surface area contributed by atoms with Gasteiger partial charge in [-0.3, -0.25) is 4.79 Å². The third-order valence-electron chi connectivity index (χ3n) is 7.14. The van der Waals surface area contributed by atoms with Gasteiger partial charge in [0.15, 0.2) is 11.6 Å². The Morgan fingerprint density at radius 1 is 1.07 bits per heavy atom. The number of ketones is 1. The molecule has 4 atom stereocenters. The number of carbonyl (C=O) groups excluding carboxylic acids is 1. The van der Waals surface area contributed by atoms with Crippen molar-refractivity contribution in [3.05, 3.63) is 63.1 Å². The average Bonchev–Trinajstić information content (AvgIpc) is 3.40. The molecule has 0 amide bonds. The maximum atomic E-state index is 14.2. The summed E-state index contributed by atoms with van der Waals surface area (Å²) in [5.41, 5.74) is 3.41. The molecule has 0 aromatic heterocycles. The molecule has 2 nitrogen and oxygen atoms in total. The summed E-state index contributed by atoms with van der Waals surface area (Å²) in [4.78, 5) is 13.3. The summed E-state index contributed by atoms with van der Waals surface area (Å²) in [5.74, 6) is 0.379. The lowest BCUT2D eigenvalue weighted by Gasteiger charge is -2.23. The van der Waals surface area contributed by atoms with Gasteiger partial charge in [0.2, 0.25) is 0 Å². The van der Waals surface area contributed by atoms with E-state index in [2.05, 4.69) is 0 Å². The van der Waals surface area contributed by atoms with Crippen LogP contribution in [-0.2, 0) is 11.2 Å². The van der Waals surface area contributed by atoms with Gasteiger partial charge < -0.3 is 5.11 Å². The number of rotatable bonds is 3. The van der Waals surface area contributed by atoms with Crippen molar-refractivity contribution >= 4 is 34.6 Å². The Bertz CT molecular complexity index is 1070. The number of carbonyl (C=O) groups is 1. The van der Waals surface area contributed by atoms with Crippen molar-refractivity contribution in [1.82, 2.24) is 0 Å². The fraction of sp³-hybridized carbons (Fsp3) is 0.375. The highest BCUT2D eigenvalue weighted by Gasteiger charge is 2.57. The molecule has 3 aliphatic carbocycles. The number of Topliss-reactive ketones (excluding diaryl/α,β-unsaturated/α-hetero) is 1. The van der Waals surface area contributed by atoms with Crippen LogP contribution in [0.15, 0.2) is 36.1 Å². The van der Waals surface area contributed by atoms with Crippen LogP contribution in [0, 0.1) is 29.5 Å². The third kappa shape index (κ3) is 2.70. The number of benzene rings is 2. The van der Waals surface area contributed by atoms with Gasteiger partial charge in [0, 0.05) is 17.4 Å². The molecule has 0 unspecified atom stereocenters. The smallest absolute Gasteiger partial charge is 0.170 e. The van der Waals surface area contributed by atoms with Crippen LogP contribution in [0.5, 0.6) is 0 Å². The highest BCUT2D eigenvalue weighted by atomic mass is 35.5. The predicted octanol–water partition coefficient (Wildman–Crippen LogP) is 6.88. The standard InChI is InChI=1S/C24H21Cl2FO2/c1-2-11-3-4-12(15-7-8-17(25)22(27)21(15)26)10-16(11)20-23(28)18-13-5-6-14(9-13)19(18)24(20)29/h3-4,7-8,10,13-14,18-19,28H,2,5-6,9H2,1H3/t13-,14+,18-,19+/m0/s1. The molecule has 2 fully saturated rings. The minimum atomic E-state index is -0.655. The van der Waals surface area contributed by atoms with Crippen LogP contribution in [-0.4, -0.2) is 10.9 Å². The predicted molar refractivity (Wildman–Crippen MR) is 114 cm³/mol. The number of aliphatic hydroxyl groups excluding tert-OH is 1. The number of halogens is 3. The molecule has 0 aliphatic heterocycles. The Morgan fingerprint density at radius 3 is 2.48 bits per heavy atom. The number of hydrogen-bond donors (Lipinski definition) is 1. The van der Waals surface area contributed by atoms with Gasteiger partial charge in [-0.15, -0.1) is 0 Å². The molecule has 0 heterocycles. The average molecular weight is 431 g/mol. The minimum Gasteiger partial charge on any atom is -0.511 e. The van der Waals surface area contributed by atoms with Crippen molar-refractivity contribution in [3.63, 3.8) is 0 Å². The Morgan fingerprint density at radius 2 is 1.79 bits per heavy atom. The normalized spacial score (nSPS) is 27.8. The molecule has 5 heteroatoms. The molecule has 2 aromatic rings. The van der Waals surface area contributed by atoms with Crippen LogP contribution < -0.4 is 0 Å². The molecule has 150 valence electrons. The molecule has 0 saturated heterocycles. The first-order chi connectivity index (χ1) is 13.9. The van der Waals surface area contributed by atoms with Gasteiger partial charge in [-0.25, -0.2) is 4.39 Å². The zero-order valence-corrected chi connectivity index (χ0v) is 17.5. The van der Waals surface area contributed by atoms with Gasteiger partial charge in [-0.05, 0) is 66.3 Å². The molecule has 3 aliphatic rings. The van der Waals surface area contributed by atoms with Crippen LogP contribution in [0.2, 0.25) is 10.0 Å². The van der Waals surface area contributed by atoms with E-state index in [0.717, 1.165) is 36.8 Å². The lowest BCUT2D eigenvalue weighted by atomic mass is 9.80. The van der Waals surface area contributed by atoms with Crippen molar-refractivity contribution < 1.29 is 14.3 Å². The first kappa shape index (κ1) is 19.1. The van der Waals surface area contributed by atoms with Crippen LogP contribution in [0.25, 0.3) is 16.7 Å². The van der Waals surface area contributed by atoms with Crippen molar-refractivity contribution in [2.75, 3.05) is 0 Å². The SMILES string of the molecule is CCc1ccc(-c2ccc(Cl)c(F)c2Cl)cc1C1=C(O)[C@H]2[C@H]3CC[C@H](C3)[C@H]2C1=O. The minimum absolute atomic E-state index is 0.0267. The highest BCUT2D eigenvalue weighted by Crippen LogP contribution is 2.60. The number of hydrogen-bond acceptors (Lipinski definition) is 2. The Hall–Kier alpha value is -1.84. The zero-order chi connectivity index (χ0) is 20.4. The molecule has 0 spiro atoms. The summed E-state index contributed by atoms with van der Waals surface area (Å²) in [6.07, 6.45) is 3.96. The zero-order valence-electron chi connectivity index (χ0n) is 16.0. The molecule has 1 N–H and O–H groups in total. The topological polar surface area (TPSA) is 37.3 Å². The second-order valence-electron chi connectivity index (χ2n) is 8.46. The highest BCUT2D eigenvalue weighted by molar-refractivity contribution is 6.36. The molecule has 2 saturated carbocycles. The quantitative estimate of drug-likeness (QED) is 0.538. The summed E-state index contributed by atoms with van der Waals surface area (Å²) in [7, 11) is 0. The second kappa shape index (κ2) is 6.85. The molecular weight excluding hydrogens is 410 g/mol. The van der Waals surface area contributed by atoms with Crippen molar-refractivity contribution in [2.45, 2.75) is 32.6 Å². The largest absolute Gasteiger partial charge is 0.511 e. The van der Waals surface area contributed by atoms with Gasteiger partial charge in [-0.1, -0.05) is 48.3 Å². The summed E-state index contributed by atoms with van der Waals surface area (Å²) in [5, 5.41) is 11.0. The molecule has 5 rings (SSSR count). The van der Waals surface area contributed by atoms with E-state index < -0.39 is 5.82 Å². The van der Waals surface area contributed by atoms with Gasteiger partial charge in [0.05, 0.1) is 15.6 Å². The Kier molecular flexibility index (Phi) is 4.52. The lowest BCUT2D eigenvalue weighted by Crippen LogP contribution is -2.24. The van der Waals surface area contributed by atoms with Crippen LogP contribution in [0.4, 0.5) is 4.39 Å². The van der Waals surface area contributed by atoms with E-state index >= 15 is 0 Å². The van der Waals surface area contributed by atoms with Crippen molar-refractivity contribution in [3.8, 4) is 11.1 Å². The second-order valence-corrected chi connectivity index (χ2v) is 9.24. The van der Waals surface area contributed by atoms with E-state index in [1.165, 1.54) is 6.07 Å². The number of aryl methyl sites for hydroxylation is 1. The molecule has 0 radical (unpaired) electrons. The van der Waals surface area contributed by atoms with Crippen LogP contribution in [0.1, 0.15) is 37.3 Å². The Labute approximate surface area is 179 Å². The summed E-state index contributed by atoms with van der Waals surface area (Å²) in [6.45, 7) is 2.02. The molecule has 2 bridgehead atoms. The van der Waals surface area contributed by atoms with E-state index in [0.29, 0.717) is 28.5 Å². The van der Waals surface area contributed by atoms with E-state index in [4.69, 9.17) is 23.2 Å². The van der Waals surface area contributed by atoms with E-state index in [1.807, 2.05) is 25.1 Å². The first-order valence-corrected chi connectivity index (χ1v) is 10.9. The molecule has 29 heavy (non-hydrogen) atoms. The number of fused-ring (bicyclic) bond motifs is 5. The third-order valence-corrected chi connectivity index (χ3v) is 7.81. The first-order valence-electron chi connectivity index (χ1n) is 10.2. The van der Waals surface area contributed by atoms with Gasteiger partial charge in [-0.2, -0.15) is 0 Å². The summed E-state index contributed by atoms with van der Waals surface area (Å²) < 4.78 is 14.2. The number of aliphatic hydroxyl groups is 1. The summed E-state index contributed by atoms with van der Waals surface area (Å²) >= 11 is 12.0. The summed E-state index contributed by atoms with van der Waals surface area (Å²) in [6, 6.07) is 8.82. The van der Waals surface area contributed by atoms with Crippen molar-refractivity contribution in [1.29, 1.82) is 0 Å². The van der Waals surface area contributed by atoms with E-state index in [9.17, 15) is 14.3 Å². The molecular formula is C24H21Cl2FO2. The lowest BCUT2D eigenvalue weighted by molar-refractivity contribution is -0.118. The van der Waals surface area contributed by atoms with Crippen LogP contribution >= 0.6 is 23.2 Å². The fourth-order valence-corrected chi connectivity index (χ4v) is 6.31. The van der Waals surface area contributed by atoms with Crippen LogP contribution in [0.3, 0.4) is 0 Å². The van der Waals surface area contributed by atoms with E-state index in [1.54, 1.807) is 6.07 Å². The van der Waals surface area contributed by atoms with Gasteiger partial charge in [0.25, 0.3) is 0 Å². The van der Waals surface area contributed by atoms with Gasteiger partial charge >= 0.3 is 0 Å². The Balaban J connectivity index is 1.65.